The minimum Gasteiger partial charge on any atom is -0.335 e. The van der Waals surface area contributed by atoms with Crippen molar-refractivity contribution in [2.45, 2.75) is 52.4 Å². The van der Waals surface area contributed by atoms with Crippen LogP contribution in [0.3, 0.4) is 0 Å². The van der Waals surface area contributed by atoms with Crippen LogP contribution >= 0.6 is 0 Å². The number of nitrogens with zero attached hydrogens (tertiary/aromatic N) is 1. The van der Waals surface area contributed by atoms with Crippen LogP contribution in [-0.4, -0.2) is 24.4 Å². The number of rotatable bonds is 6. The Hall–Kier alpha value is -0.970. The molecule has 0 bridgehead atoms. The third kappa shape index (κ3) is 8.05. The first-order valence-corrected chi connectivity index (χ1v) is 5.96. The molecule has 0 aromatic carbocycles. The molecule has 0 aliphatic heterocycles. The number of hydrogen-bond donors (Lipinski definition) is 0. The number of carbonyl (C=O) groups excluding carboxylic acids is 1. The van der Waals surface area contributed by atoms with Crippen molar-refractivity contribution in [1.29, 1.82) is 0 Å². The van der Waals surface area contributed by atoms with Crippen LogP contribution < -0.4 is 0 Å². The van der Waals surface area contributed by atoms with Crippen LogP contribution in [0.5, 0.6) is 0 Å². The Morgan fingerprint density at radius 3 is 2.40 bits per heavy atom. The van der Waals surface area contributed by atoms with Crippen molar-refractivity contribution >= 4 is 5.91 Å². The fourth-order valence-corrected chi connectivity index (χ4v) is 1.19. The summed E-state index contributed by atoms with van der Waals surface area (Å²) in [4.78, 5) is 13.1. The van der Waals surface area contributed by atoms with Gasteiger partial charge in [0.15, 0.2) is 0 Å². The van der Waals surface area contributed by atoms with Crippen molar-refractivity contribution in [3.63, 3.8) is 0 Å². The first kappa shape index (κ1) is 14.0. The smallest absolute Gasteiger partial charge is 0.298 e. The third-order valence-electron chi connectivity index (χ3n) is 2.29. The zero-order valence-electron chi connectivity index (χ0n) is 10.3. The molecular weight excluding hydrogens is 186 g/mol. The highest BCUT2D eigenvalue weighted by molar-refractivity contribution is 5.93. The van der Waals surface area contributed by atoms with E-state index in [1.165, 1.54) is 12.8 Å². The number of hydrogen-bond acceptors (Lipinski definition) is 1. The summed E-state index contributed by atoms with van der Waals surface area (Å²) in [6, 6.07) is 0. The first-order chi connectivity index (χ1) is 7.22. The summed E-state index contributed by atoms with van der Waals surface area (Å²) in [6.45, 7) is 5.10. The van der Waals surface area contributed by atoms with Crippen molar-refractivity contribution in [3.05, 3.63) is 0 Å². The maximum Gasteiger partial charge on any atom is 0.298 e. The van der Waals surface area contributed by atoms with Gasteiger partial charge in [-0.25, -0.2) is 0 Å². The van der Waals surface area contributed by atoms with E-state index < -0.39 is 0 Å². The van der Waals surface area contributed by atoms with Crippen molar-refractivity contribution in [1.82, 2.24) is 4.90 Å². The van der Waals surface area contributed by atoms with E-state index in [2.05, 4.69) is 25.7 Å². The van der Waals surface area contributed by atoms with Crippen molar-refractivity contribution in [2.24, 2.45) is 0 Å². The van der Waals surface area contributed by atoms with Crippen molar-refractivity contribution in [3.8, 4) is 11.8 Å². The Morgan fingerprint density at radius 2 is 1.80 bits per heavy atom. The summed E-state index contributed by atoms with van der Waals surface area (Å²) >= 11 is 0. The van der Waals surface area contributed by atoms with E-state index in [0.717, 1.165) is 32.2 Å². The standard InChI is InChI=1S/C13H23NO/c1-4-6-8-9-10-11-13(15)14(3)12-7-5-2/h4-9,12H2,1-3H3. The van der Waals surface area contributed by atoms with Crippen molar-refractivity contribution < 1.29 is 4.79 Å². The second-order valence-electron chi connectivity index (χ2n) is 3.84. The second-order valence-corrected chi connectivity index (χ2v) is 3.84. The molecule has 0 spiro atoms. The van der Waals surface area contributed by atoms with Gasteiger partial charge in [0.25, 0.3) is 5.91 Å². The zero-order valence-corrected chi connectivity index (χ0v) is 10.3. The Morgan fingerprint density at radius 1 is 1.13 bits per heavy atom. The molecule has 0 fully saturated rings. The lowest BCUT2D eigenvalue weighted by Gasteiger charge is -2.12. The van der Waals surface area contributed by atoms with E-state index >= 15 is 0 Å². The average Bonchev–Trinajstić information content (AvgIpc) is 2.25. The molecule has 2 nitrogen and oxygen atoms in total. The van der Waals surface area contributed by atoms with Crippen molar-refractivity contribution in [2.75, 3.05) is 13.6 Å². The van der Waals surface area contributed by atoms with E-state index in [1.807, 2.05) is 7.05 Å². The molecule has 0 aliphatic rings. The van der Waals surface area contributed by atoms with Gasteiger partial charge >= 0.3 is 0 Å². The van der Waals surface area contributed by atoms with E-state index in [1.54, 1.807) is 4.90 Å². The summed E-state index contributed by atoms with van der Waals surface area (Å²) < 4.78 is 0. The van der Waals surface area contributed by atoms with Gasteiger partial charge in [-0.05, 0) is 18.8 Å². The summed E-state index contributed by atoms with van der Waals surface area (Å²) in [5, 5.41) is 0. The highest BCUT2D eigenvalue weighted by atomic mass is 16.2. The van der Waals surface area contributed by atoms with Gasteiger partial charge in [0.05, 0.1) is 0 Å². The normalized spacial score (nSPS) is 9.27. The van der Waals surface area contributed by atoms with Gasteiger partial charge in [0.1, 0.15) is 0 Å². The summed E-state index contributed by atoms with van der Waals surface area (Å²) in [6.07, 6.45) is 6.53. The summed E-state index contributed by atoms with van der Waals surface area (Å²) in [7, 11) is 1.82. The molecule has 0 saturated heterocycles. The molecule has 0 heterocycles. The van der Waals surface area contributed by atoms with Crippen LogP contribution in [0.4, 0.5) is 0 Å². The minimum atomic E-state index is -0.0417. The topological polar surface area (TPSA) is 20.3 Å². The quantitative estimate of drug-likeness (QED) is 0.486. The van der Waals surface area contributed by atoms with Crippen LogP contribution in [0.25, 0.3) is 0 Å². The maximum atomic E-state index is 11.4. The van der Waals surface area contributed by atoms with Gasteiger partial charge < -0.3 is 4.90 Å². The van der Waals surface area contributed by atoms with Gasteiger partial charge in [-0.3, -0.25) is 4.79 Å². The number of unbranched alkanes of at least 4 members (excludes halogenated alkanes) is 4. The lowest BCUT2D eigenvalue weighted by molar-refractivity contribution is -0.123. The number of carbonyl (C=O) groups is 1. The van der Waals surface area contributed by atoms with E-state index in [4.69, 9.17) is 0 Å². The molecule has 0 saturated carbocycles. The average molecular weight is 209 g/mol. The predicted molar refractivity (Wildman–Crippen MR) is 64.5 cm³/mol. The summed E-state index contributed by atoms with van der Waals surface area (Å²) in [5.74, 6) is 5.58. The maximum absolute atomic E-state index is 11.4. The second kappa shape index (κ2) is 9.58. The van der Waals surface area contributed by atoms with Crippen LogP contribution in [0, 0.1) is 11.8 Å². The summed E-state index contributed by atoms with van der Waals surface area (Å²) in [5.41, 5.74) is 0. The molecule has 0 aromatic heterocycles. The largest absolute Gasteiger partial charge is 0.335 e. The lowest BCUT2D eigenvalue weighted by Crippen LogP contribution is -2.26. The Labute approximate surface area is 94.0 Å². The van der Waals surface area contributed by atoms with Crippen LogP contribution in [0.15, 0.2) is 0 Å². The molecule has 0 unspecified atom stereocenters. The lowest BCUT2D eigenvalue weighted by atomic mass is 10.2. The van der Waals surface area contributed by atoms with Gasteiger partial charge in [-0.1, -0.05) is 39.0 Å². The SMILES string of the molecule is CCCCCC#CC(=O)N(C)CCCC. The van der Waals surface area contributed by atoms with Gasteiger partial charge in [-0.2, -0.15) is 0 Å². The predicted octanol–water partition coefficient (Wildman–Crippen LogP) is 2.83. The van der Waals surface area contributed by atoms with Crippen LogP contribution in [0.2, 0.25) is 0 Å². The van der Waals surface area contributed by atoms with Crippen LogP contribution in [-0.2, 0) is 4.79 Å². The molecule has 0 aliphatic carbocycles. The molecule has 0 N–H and O–H groups in total. The van der Waals surface area contributed by atoms with E-state index in [-0.39, 0.29) is 5.91 Å². The highest BCUT2D eigenvalue weighted by Gasteiger charge is 2.02. The Balaban J connectivity index is 3.69. The molecule has 0 aromatic rings. The monoisotopic (exact) mass is 209 g/mol. The highest BCUT2D eigenvalue weighted by Crippen LogP contribution is 1.97. The van der Waals surface area contributed by atoms with Gasteiger partial charge in [0, 0.05) is 20.0 Å². The zero-order chi connectivity index (χ0) is 11.5. The van der Waals surface area contributed by atoms with Gasteiger partial charge in [0.2, 0.25) is 0 Å². The molecule has 1 amide bonds. The molecule has 0 radical (unpaired) electrons. The molecule has 2 heteroatoms. The fraction of sp³-hybridized carbons (Fsp3) is 0.769. The first-order valence-electron chi connectivity index (χ1n) is 5.96. The van der Waals surface area contributed by atoms with Crippen LogP contribution in [0.1, 0.15) is 52.4 Å². The molecular formula is C13H23NO. The molecule has 0 atom stereocenters. The Bertz CT molecular complexity index is 224. The minimum absolute atomic E-state index is 0.0417. The van der Waals surface area contributed by atoms with Gasteiger partial charge in [-0.15, -0.1) is 0 Å². The molecule has 15 heavy (non-hydrogen) atoms. The fourth-order valence-electron chi connectivity index (χ4n) is 1.19. The molecule has 86 valence electrons. The van der Waals surface area contributed by atoms with E-state index in [0.29, 0.717) is 0 Å². The number of amides is 1. The van der Waals surface area contributed by atoms with E-state index in [9.17, 15) is 4.79 Å². The third-order valence-corrected chi connectivity index (χ3v) is 2.29. The molecule has 0 rings (SSSR count). The Kier molecular flexibility index (Phi) is 8.96.